The van der Waals surface area contributed by atoms with Gasteiger partial charge in [0.05, 0.1) is 22.7 Å². The number of benzene rings is 2. The minimum Gasteiger partial charge on any atom is -0.485 e. The summed E-state index contributed by atoms with van der Waals surface area (Å²) in [5.41, 5.74) is -1.18. The predicted octanol–water partition coefficient (Wildman–Crippen LogP) is 5.88. The summed E-state index contributed by atoms with van der Waals surface area (Å²) in [5, 5.41) is 21.2. The molecule has 2 atom stereocenters. The highest BCUT2D eigenvalue weighted by atomic mass is 35.5. The average Bonchev–Trinajstić information content (AvgIpc) is 3.11. The second-order valence-electron chi connectivity index (χ2n) is 7.13. The van der Waals surface area contributed by atoms with Crippen molar-refractivity contribution in [2.24, 2.45) is 0 Å². The Kier molecular flexibility index (Phi) is 4.74. The third-order valence-electron chi connectivity index (χ3n) is 4.73. The van der Waals surface area contributed by atoms with Crippen LogP contribution in [0.5, 0.6) is 5.75 Å². The number of fused-ring (bicyclic) bond motifs is 1. The van der Waals surface area contributed by atoms with Crippen LogP contribution in [0.3, 0.4) is 0 Å². The van der Waals surface area contributed by atoms with Crippen LogP contribution < -0.4 is 10.1 Å². The molecule has 164 valence electrons. The van der Waals surface area contributed by atoms with Gasteiger partial charge in [0.15, 0.2) is 5.54 Å². The number of carbonyl (C=O) groups excluding carboxylic acids is 1. The standard InChI is InChI=1S/C19H13ClF5N3O2S/c1-19(10-27,16-8-13-6-11(9-26)7-15(20)17(13)30-16)28-18(29)12-2-4-14(5-3-12)31(21,22,23,24)25/h2-7,16H,8H2,1H3,(H,28,29)/t16-,19+/m0/s1. The zero-order chi connectivity index (χ0) is 23.3. The smallest absolute Gasteiger partial charge is 0.310 e. The topological polar surface area (TPSA) is 85.9 Å². The Labute approximate surface area is 178 Å². The van der Waals surface area contributed by atoms with Gasteiger partial charge in [0.1, 0.15) is 16.7 Å². The Morgan fingerprint density at radius 1 is 1.19 bits per heavy atom. The van der Waals surface area contributed by atoms with Crippen molar-refractivity contribution < 1.29 is 29.0 Å². The molecule has 0 saturated carbocycles. The van der Waals surface area contributed by atoms with E-state index in [4.69, 9.17) is 21.6 Å². The van der Waals surface area contributed by atoms with Crippen LogP contribution >= 0.6 is 21.8 Å². The number of carbonyl (C=O) groups is 1. The summed E-state index contributed by atoms with van der Waals surface area (Å²) in [6.07, 6.45) is -0.801. The lowest BCUT2D eigenvalue weighted by Crippen LogP contribution is -2.55. The van der Waals surface area contributed by atoms with Gasteiger partial charge in [-0.2, -0.15) is 10.5 Å². The van der Waals surface area contributed by atoms with Crippen molar-refractivity contribution in [2.75, 3.05) is 0 Å². The molecule has 0 bridgehead atoms. The largest absolute Gasteiger partial charge is 0.485 e. The molecule has 1 heterocycles. The number of hydrogen-bond acceptors (Lipinski definition) is 4. The Hall–Kier alpha value is -3.02. The first-order valence-electron chi connectivity index (χ1n) is 8.53. The highest BCUT2D eigenvalue weighted by Gasteiger charge is 2.65. The fourth-order valence-electron chi connectivity index (χ4n) is 3.06. The zero-order valence-electron chi connectivity index (χ0n) is 15.6. The molecule has 0 spiro atoms. The molecule has 1 amide bonds. The van der Waals surface area contributed by atoms with E-state index < -0.39 is 32.7 Å². The van der Waals surface area contributed by atoms with Gasteiger partial charge in [-0.05, 0) is 43.3 Å². The van der Waals surface area contributed by atoms with E-state index in [-0.39, 0.29) is 40.5 Å². The van der Waals surface area contributed by atoms with Crippen LogP contribution in [0.25, 0.3) is 0 Å². The van der Waals surface area contributed by atoms with Crippen molar-refractivity contribution in [1.29, 1.82) is 10.5 Å². The molecule has 0 saturated heterocycles. The summed E-state index contributed by atoms with van der Waals surface area (Å²) in [4.78, 5) is 10.4. The molecular formula is C19H13ClF5N3O2S. The van der Waals surface area contributed by atoms with Crippen LogP contribution in [0.4, 0.5) is 19.4 Å². The van der Waals surface area contributed by atoms with E-state index in [2.05, 4.69) is 5.32 Å². The lowest BCUT2D eigenvalue weighted by Gasteiger charge is -2.40. The maximum atomic E-state index is 12.8. The fraction of sp³-hybridized carbons (Fsp3) is 0.211. The summed E-state index contributed by atoms with van der Waals surface area (Å²) >= 11 is 6.09. The van der Waals surface area contributed by atoms with Gasteiger partial charge in [-0.15, -0.1) is 0 Å². The lowest BCUT2D eigenvalue weighted by atomic mass is 9.92. The van der Waals surface area contributed by atoms with Gasteiger partial charge in [0.2, 0.25) is 0 Å². The number of nitrogens with one attached hydrogen (secondary N) is 1. The summed E-state index contributed by atoms with van der Waals surface area (Å²) in [6, 6.07) is 8.16. The van der Waals surface area contributed by atoms with E-state index in [0.717, 1.165) is 0 Å². The maximum Gasteiger partial charge on any atom is 0.310 e. The molecular weight excluding hydrogens is 465 g/mol. The first kappa shape index (κ1) is 22.7. The quantitative estimate of drug-likeness (QED) is 0.557. The van der Waals surface area contributed by atoms with Crippen molar-refractivity contribution in [3.05, 3.63) is 58.1 Å². The van der Waals surface area contributed by atoms with Gasteiger partial charge in [-0.3, -0.25) is 4.79 Å². The molecule has 0 radical (unpaired) electrons. The molecule has 2 aromatic carbocycles. The van der Waals surface area contributed by atoms with Crippen LogP contribution in [0.15, 0.2) is 41.3 Å². The number of amides is 1. The van der Waals surface area contributed by atoms with E-state index in [1.807, 2.05) is 12.1 Å². The van der Waals surface area contributed by atoms with Gasteiger partial charge in [-0.1, -0.05) is 31.0 Å². The van der Waals surface area contributed by atoms with E-state index in [1.54, 1.807) is 0 Å². The van der Waals surface area contributed by atoms with Crippen LogP contribution in [-0.2, 0) is 6.42 Å². The number of ether oxygens (including phenoxy) is 1. The highest BCUT2D eigenvalue weighted by molar-refractivity contribution is 8.45. The molecule has 12 heteroatoms. The Balaban J connectivity index is 1.83. The molecule has 1 N–H and O–H groups in total. The third-order valence-corrected chi connectivity index (χ3v) is 6.17. The molecule has 1 aliphatic rings. The Bertz CT molecular complexity index is 1170. The Morgan fingerprint density at radius 2 is 1.81 bits per heavy atom. The monoisotopic (exact) mass is 477 g/mol. The number of halogens is 6. The third kappa shape index (κ3) is 4.53. The van der Waals surface area contributed by atoms with E-state index in [0.29, 0.717) is 17.7 Å². The number of nitriles is 2. The van der Waals surface area contributed by atoms with Crippen molar-refractivity contribution in [3.63, 3.8) is 0 Å². The normalized spacial score (nSPS) is 19.5. The minimum absolute atomic E-state index is 0.116. The molecule has 3 rings (SSSR count). The molecule has 31 heavy (non-hydrogen) atoms. The summed E-state index contributed by atoms with van der Waals surface area (Å²) in [7, 11) is -9.87. The Morgan fingerprint density at radius 3 is 2.32 bits per heavy atom. The molecule has 1 aliphatic heterocycles. The van der Waals surface area contributed by atoms with Gasteiger partial charge in [0.25, 0.3) is 5.91 Å². The predicted molar refractivity (Wildman–Crippen MR) is 104 cm³/mol. The number of hydrogen-bond donors (Lipinski definition) is 1. The zero-order valence-corrected chi connectivity index (χ0v) is 17.2. The van der Waals surface area contributed by atoms with Crippen LogP contribution in [0.1, 0.15) is 28.4 Å². The first-order valence-corrected chi connectivity index (χ1v) is 10.9. The molecule has 0 aromatic heterocycles. The lowest BCUT2D eigenvalue weighted by molar-refractivity contribution is 0.0841. The van der Waals surface area contributed by atoms with Crippen LogP contribution in [-0.4, -0.2) is 17.6 Å². The highest BCUT2D eigenvalue weighted by Crippen LogP contribution is 3.02. The van der Waals surface area contributed by atoms with E-state index >= 15 is 0 Å². The van der Waals surface area contributed by atoms with E-state index in [1.165, 1.54) is 19.1 Å². The molecule has 0 aliphatic carbocycles. The molecule has 5 nitrogen and oxygen atoms in total. The summed E-state index contributed by atoms with van der Waals surface area (Å²) < 4.78 is 69.9. The number of rotatable bonds is 4. The average molecular weight is 478 g/mol. The summed E-state index contributed by atoms with van der Waals surface area (Å²) in [6.45, 7) is 1.34. The first-order chi connectivity index (χ1) is 14.1. The van der Waals surface area contributed by atoms with Gasteiger partial charge < -0.3 is 10.1 Å². The fourth-order valence-corrected chi connectivity index (χ4v) is 3.99. The van der Waals surface area contributed by atoms with E-state index in [9.17, 15) is 29.5 Å². The SMILES string of the molecule is C[C@](C#N)(NC(=O)c1ccc(S(F)(F)(F)(F)F)cc1)[C@@H]1Cc2cc(C#N)cc(Cl)c2O1. The summed E-state index contributed by atoms with van der Waals surface area (Å²) in [5.74, 6) is -0.706. The number of nitrogens with zero attached hydrogens (tertiary/aromatic N) is 2. The van der Waals surface area contributed by atoms with Crippen LogP contribution in [0, 0.1) is 22.7 Å². The second kappa shape index (κ2) is 6.49. The van der Waals surface area contributed by atoms with Gasteiger partial charge >= 0.3 is 10.2 Å². The van der Waals surface area contributed by atoms with Gasteiger partial charge in [0, 0.05) is 17.5 Å². The maximum absolute atomic E-state index is 12.8. The van der Waals surface area contributed by atoms with Crippen LogP contribution in [0.2, 0.25) is 5.02 Å². The molecule has 0 unspecified atom stereocenters. The van der Waals surface area contributed by atoms with Crippen molar-refractivity contribution in [2.45, 2.75) is 29.9 Å². The van der Waals surface area contributed by atoms with Crippen molar-refractivity contribution >= 4 is 27.7 Å². The van der Waals surface area contributed by atoms with Crippen molar-refractivity contribution in [3.8, 4) is 17.9 Å². The van der Waals surface area contributed by atoms with Crippen molar-refractivity contribution in [1.82, 2.24) is 5.32 Å². The molecule has 2 aromatic rings. The van der Waals surface area contributed by atoms with Gasteiger partial charge in [-0.25, -0.2) is 0 Å². The molecule has 0 fully saturated rings. The second-order valence-corrected chi connectivity index (χ2v) is 9.95. The minimum atomic E-state index is -9.87.